The van der Waals surface area contributed by atoms with Crippen LogP contribution in [0.25, 0.3) is 5.70 Å². The summed E-state index contributed by atoms with van der Waals surface area (Å²) in [6.07, 6.45) is 4.13. The zero-order valence-corrected chi connectivity index (χ0v) is 18.3. The van der Waals surface area contributed by atoms with Crippen LogP contribution in [0, 0.1) is 0 Å². The summed E-state index contributed by atoms with van der Waals surface area (Å²) in [5.74, 6) is -0.276. The summed E-state index contributed by atoms with van der Waals surface area (Å²) in [5.41, 5.74) is 7.69. The number of fused-ring (bicyclic) bond motifs is 1. The molecule has 4 rings (SSSR count). The smallest absolute Gasteiger partial charge is 0.245 e. The van der Waals surface area contributed by atoms with Crippen molar-refractivity contribution in [3.63, 3.8) is 0 Å². The van der Waals surface area contributed by atoms with E-state index in [0.717, 1.165) is 43.7 Å². The molecule has 2 aliphatic rings. The van der Waals surface area contributed by atoms with E-state index in [0.29, 0.717) is 11.6 Å². The first-order chi connectivity index (χ1) is 15.1. The first kappa shape index (κ1) is 21.4. The van der Waals surface area contributed by atoms with Gasteiger partial charge >= 0.3 is 0 Å². The zero-order valence-electron chi connectivity index (χ0n) is 17.5. The number of hydrazine groups is 1. The van der Waals surface area contributed by atoms with E-state index < -0.39 is 0 Å². The van der Waals surface area contributed by atoms with E-state index in [4.69, 9.17) is 11.6 Å². The van der Waals surface area contributed by atoms with Crippen molar-refractivity contribution in [1.29, 1.82) is 0 Å². The maximum Gasteiger partial charge on any atom is 0.245 e. The lowest BCUT2D eigenvalue weighted by Gasteiger charge is -2.29. The normalized spacial score (nSPS) is 18.1. The van der Waals surface area contributed by atoms with Crippen LogP contribution in [0.1, 0.15) is 29.5 Å². The van der Waals surface area contributed by atoms with Crippen LogP contribution in [0.3, 0.4) is 0 Å². The molecule has 3 N–H and O–H groups in total. The number of hydrogen-bond donors (Lipinski definition) is 3. The molecular formula is C24H28ClN4O2+. The van der Waals surface area contributed by atoms with E-state index in [1.54, 1.807) is 17.0 Å². The van der Waals surface area contributed by atoms with E-state index in [-0.39, 0.29) is 24.8 Å². The van der Waals surface area contributed by atoms with Gasteiger partial charge in [-0.15, -0.1) is 0 Å². The number of nitrogens with one attached hydrogen (secondary N) is 3. The minimum atomic E-state index is -0.155. The van der Waals surface area contributed by atoms with Crippen LogP contribution in [-0.2, 0) is 22.6 Å². The quantitative estimate of drug-likeness (QED) is 0.574. The molecule has 0 aromatic heterocycles. The molecule has 1 unspecified atom stereocenters. The molecule has 2 aromatic carbocycles. The van der Waals surface area contributed by atoms with Gasteiger partial charge in [-0.3, -0.25) is 15.0 Å². The lowest BCUT2D eigenvalue weighted by atomic mass is 10.00. The average molecular weight is 440 g/mol. The summed E-state index contributed by atoms with van der Waals surface area (Å²) in [6.45, 7) is 3.83. The number of hydrogen-bond acceptors (Lipinski definition) is 3. The van der Waals surface area contributed by atoms with Crippen LogP contribution >= 0.6 is 11.6 Å². The van der Waals surface area contributed by atoms with E-state index in [1.165, 1.54) is 16.1 Å². The monoisotopic (exact) mass is 439 g/mol. The molecule has 1 atom stereocenters. The number of halogens is 1. The number of quaternary nitrogens is 1. The van der Waals surface area contributed by atoms with Gasteiger partial charge in [-0.2, -0.15) is 0 Å². The van der Waals surface area contributed by atoms with Crippen molar-refractivity contribution < 1.29 is 14.5 Å². The topological polar surface area (TPSA) is 65.9 Å². The lowest BCUT2D eigenvalue weighted by molar-refractivity contribution is -0.916. The fourth-order valence-corrected chi connectivity index (χ4v) is 4.24. The van der Waals surface area contributed by atoms with Gasteiger partial charge in [-0.05, 0) is 29.3 Å². The number of nitrogens with zero attached hydrogens (tertiary/aromatic N) is 1. The Hall–Kier alpha value is -2.83. The first-order valence-corrected chi connectivity index (χ1v) is 11.2. The molecule has 2 heterocycles. The highest BCUT2D eigenvalue weighted by molar-refractivity contribution is 6.30. The van der Waals surface area contributed by atoms with Gasteiger partial charge in [-0.1, -0.05) is 48.0 Å². The maximum absolute atomic E-state index is 12.4. The van der Waals surface area contributed by atoms with Crippen molar-refractivity contribution in [2.45, 2.75) is 25.8 Å². The molecule has 7 heteroatoms. The van der Waals surface area contributed by atoms with Gasteiger partial charge in [0.25, 0.3) is 0 Å². The number of carbonyl (C=O) groups is 2. The van der Waals surface area contributed by atoms with E-state index in [1.807, 2.05) is 18.2 Å². The van der Waals surface area contributed by atoms with Crippen LogP contribution in [0.4, 0.5) is 0 Å². The average Bonchev–Trinajstić information content (AvgIpc) is 2.79. The standard InChI is InChI=1S/C24H27ClN4O2/c25-21-8-6-19(7-9-21)22-10-11-24(31)29(27-22)17-23(30)26-13-3-14-28-15-12-18-4-1-2-5-20(18)16-28/h1-2,4-10,27H,3,11-17H2,(H,26,30)/p+1. The summed E-state index contributed by atoms with van der Waals surface area (Å²) in [4.78, 5) is 26.1. The van der Waals surface area contributed by atoms with Gasteiger partial charge < -0.3 is 10.2 Å². The van der Waals surface area contributed by atoms with Crippen molar-refractivity contribution in [3.8, 4) is 0 Å². The van der Waals surface area contributed by atoms with Crippen molar-refractivity contribution in [2.24, 2.45) is 0 Å². The molecule has 0 spiro atoms. The van der Waals surface area contributed by atoms with E-state index in [2.05, 4.69) is 35.0 Å². The molecule has 31 heavy (non-hydrogen) atoms. The van der Waals surface area contributed by atoms with Gasteiger partial charge in [0.1, 0.15) is 13.1 Å². The number of rotatable bonds is 7. The molecular weight excluding hydrogens is 412 g/mol. The van der Waals surface area contributed by atoms with Crippen LogP contribution < -0.4 is 15.6 Å². The van der Waals surface area contributed by atoms with Gasteiger partial charge in [0, 0.05) is 36.4 Å². The van der Waals surface area contributed by atoms with Crippen LogP contribution in [0.5, 0.6) is 0 Å². The summed E-state index contributed by atoms with van der Waals surface area (Å²) in [7, 11) is 0. The lowest BCUT2D eigenvalue weighted by Crippen LogP contribution is -3.11. The number of carbonyl (C=O) groups excluding carboxylic acids is 2. The molecule has 6 nitrogen and oxygen atoms in total. The Morgan fingerprint density at radius 2 is 1.90 bits per heavy atom. The minimum absolute atomic E-state index is 0.00624. The van der Waals surface area contributed by atoms with Gasteiger partial charge in [0.2, 0.25) is 11.8 Å². The molecule has 0 radical (unpaired) electrons. The first-order valence-electron chi connectivity index (χ1n) is 10.8. The third-order valence-electron chi connectivity index (χ3n) is 5.83. The fourth-order valence-electron chi connectivity index (χ4n) is 4.11. The Bertz CT molecular complexity index is 974. The zero-order chi connectivity index (χ0) is 21.6. The molecule has 0 saturated carbocycles. The van der Waals surface area contributed by atoms with Crippen molar-refractivity contribution in [2.75, 3.05) is 26.2 Å². The van der Waals surface area contributed by atoms with Crippen molar-refractivity contribution in [3.05, 3.63) is 76.3 Å². The summed E-state index contributed by atoms with van der Waals surface area (Å²) in [5, 5.41) is 4.98. The number of amides is 2. The SMILES string of the molecule is O=C(CN1NC(c2ccc(Cl)cc2)=CCC1=O)NCCC[NH+]1CCc2ccccc2C1. The van der Waals surface area contributed by atoms with Gasteiger partial charge in [-0.25, -0.2) is 5.01 Å². The second-order valence-corrected chi connectivity index (χ2v) is 8.51. The Labute approximate surface area is 187 Å². The van der Waals surface area contributed by atoms with E-state index >= 15 is 0 Å². The Morgan fingerprint density at radius 1 is 1.13 bits per heavy atom. The van der Waals surface area contributed by atoms with Gasteiger partial charge in [0.05, 0.1) is 18.8 Å². The third-order valence-corrected chi connectivity index (χ3v) is 6.08. The fraction of sp³-hybridized carbons (Fsp3) is 0.333. The van der Waals surface area contributed by atoms with Crippen molar-refractivity contribution in [1.82, 2.24) is 15.8 Å². The van der Waals surface area contributed by atoms with Crippen LogP contribution in [0.15, 0.2) is 54.6 Å². The molecule has 162 valence electrons. The minimum Gasteiger partial charge on any atom is -0.354 e. The number of benzene rings is 2. The predicted octanol–water partition coefficient (Wildman–Crippen LogP) is 1.57. The van der Waals surface area contributed by atoms with Crippen LogP contribution in [-0.4, -0.2) is 43.0 Å². The highest BCUT2D eigenvalue weighted by atomic mass is 35.5. The predicted molar refractivity (Wildman–Crippen MR) is 121 cm³/mol. The Balaban J connectivity index is 1.20. The highest BCUT2D eigenvalue weighted by Gasteiger charge is 2.22. The molecule has 0 bridgehead atoms. The Morgan fingerprint density at radius 3 is 2.71 bits per heavy atom. The molecule has 0 saturated heterocycles. The van der Waals surface area contributed by atoms with Crippen molar-refractivity contribution >= 4 is 29.1 Å². The third kappa shape index (κ3) is 5.66. The largest absolute Gasteiger partial charge is 0.354 e. The van der Waals surface area contributed by atoms with E-state index in [9.17, 15) is 9.59 Å². The van der Waals surface area contributed by atoms with Gasteiger partial charge in [0.15, 0.2) is 0 Å². The highest BCUT2D eigenvalue weighted by Crippen LogP contribution is 2.19. The molecule has 0 fully saturated rings. The second kappa shape index (κ2) is 9.98. The Kier molecular flexibility index (Phi) is 6.89. The van der Waals surface area contributed by atoms with Crippen LogP contribution in [0.2, 0.25) is 5.02 Å². The maximum atomic E-state index is 12.4. The molecule has 2 aromatic rings. The second-order valence-electron chi connectivity index (χ2n) is 8.07. The summed E-state index contributed by atoms with van der Waals surface area (Å²) < 4.78 is 0. The molecule has 0 aliphatic carbocycles. The summed E-state index contributed by atoms with van der Waals surface area (Å²) >= 11 is 5.94. The summed E-state index contributed by atoms with van der Waals surface area (Å²) in [6, 6.07) is 16.0. The molecule has 2 aliphatic heterocycles. The molecule has 2 amide bonds.